The van der Waals surface area contributed by atoms with Gasteiger partial charge in [-0.15, -0.1) is 5.06 Å². The van der Waals surface area contributed by atoms with E-state index in [1.165, 1.54) is 5.06 Å². The molecule has 1 unspecified atom stereocenters. The molecule has 1 N–H and O–H groups in total. The fraction of sp³-hybridized carbons (Fsp3) is 0.429. The van der Waals surface area contributed by atoms with E-state index in [0.29, 0.717) is 12.1 Å². The van der Waals surface area contributed by atoms with Gasteiger partial charge in [0.05, 0.1) is 11.5 Å². The number of rotatable bonds is 4. The highest BCUT2D eigenvalue weighted by molar-refractivity contribution is 5.89. The molecule has 0 amide bonds. The number of nitrogens with zero attached hydrogens (tertiary/aromatic N) is 1. The molecule has 1 aromatic carbocycles. The predicted octanol–water partition coefficient (Wildman–Crippen LogP) is 1.80. The molecule has 5 nitrogen and oxygen atoms in total. The lowest BCUT2D eigenvalue weighted by atomic mass is 9.94. The molecule has 1 saturated heterocycles. The minimum atomic E-state index is -0.829. The molecule has 5 heteroatoms. The van der Waals surface area contributed by atoms with Gasteiger partial charge in [0.1, 0.15) is 0 Å². The van der Waals surface area contributed by atoms with Gasteiger partial charge in [-0.25, -0.2) is 4.79 Å². The summed E-state index contributed by atoms with van der Waals surface area (Å²) in [4.78, 5) is 28.2. The zero-order valence-corrected chi connectivity index (χ0v) is 10.8. The highest BCUT2D eigenvalue weighted by Gasteiger charge is 2.38. The van der Waals surface area contributed by atoms with Crippen molar-refractivity contribution in [1.82, 2.24) is 5.06 Å². The highest BCUT2D eigenvalue weighted by atomic mass is 16.7. The molecule has 1 fully saturated rings. The maximum atomic E-state index is 11.9. The third-order valence-electron chi connectivity index (χ3n) is 3.47. The summed E-state index contributed by atoms with van der Waals surface area (Å²) in [6.45, 7) is 2.68. The number of carboxylic acid groups (broad SMARTS) is 1. The molecule has 0 bridgehead atoms. The van der Waals surface area contributed by atoms with Crippen molar-refractivity contribution in [1.29, 1.82) is 0 Å². The summed E-state index contributed by atoms with van der Waals surface area (Å²) < 4.78 is 0. The minimum absolute atomic E-state index is 0.0288. The normalized spacial score (nSPS) is 23.2. The lowest BCUT2D eigenvalue weighted by molar-refractivity contribution is -0.144. The Balaban J connectivity index is 1.98. The maximum Gasteiger partial charge on any atom is 0.357 e. The first-order valence-corrected chi connectivity index (χ1v) is 6.37. The Hall–Kier alpha value is -1.88. The summed E-state index contributed by atoms with van der Waals surface area (Å²) >= 11 is 0. The summed E-state index contributed by atoms with van der Waals surface area (Å²) in [5, 5.41) is 10.6. The monoisotopic (exact) mass is 263 g/mol. The Bertz CT molecular complexity index is 460. The van der Waals surface area contributed by atoms with Crippen molar-refractivity contribution in [3.05, 3.63) is 35.9 Å². The Morgan fingerprint density at radius 2 is 2.00 bits per heavy atom. The topological polar surface area (TPSA) is 66.8 Å². The summed E-state index contributed by atoms with van der Waals surface area (Å²) in [7, 11) is 0. The van der Waals surface area contributed by atoms with Gasteiger partial charge >= 0.3 is 11.9 Å². The standard InChI is InChI=1S/C14H17NO4/c1-2-10-8-15(9-12(10)13(16)17)19-14(18)11-6-4-3-5-7-11/h3-7,10,12H,2,8-9H2,1H3,(H,16,17)/t10?,12-/m0/s1. The molecule has 1 aliphatic heterocycles. The van der Waals surface area contributed by atoms with E-state index < -0.39 is 17.9 Å². The number of hydrogen-bond acceptors (Lipinski definition) is 4. The number of aliphatic carboxylic acids is 1. The van der Waals surface area contributed by atoms with Crippen LogP contribution in [0, 0.1) is 11.8 Å². The van der Waals surface area contributed by atoms with Gasteiger partial charge in [-0.05, 0) is 18.1 Å². The fourth-order valence-electron chi connectivity index (χ4n) is 2.34. The SMILES string of the molecule is CCC1CN(OC(=O)c2ccccc2)C[C@@H]1C(=O)O. The number of carbonyl (C=O) groups excluding carboxylic acids is 1. The molecular weight excluding hydrogens is 246 g/mol. The Kier molecular flexibility index (Phi) is 4.16. The molecule has 1 heterocycles. The van der Waals surface area contributed by atoms with Crippen LogP contribution in [-0.2, 0) is 9.63 Å². The van der Waals surface area contributed by atoms with Crippen molar-refractivity contribution >= 4 is 11.9 Å². The number of hydroxylamine groups is 2. The van der Waals surface area contributed by atoms with Gasteiger partial charge in [-0.1, -0.05) is 31.5 Å². The zero-order chi connectivity index (χ0) is 13.8. The minimum Gasteiger partial charge on any atom is -0.481 e. The zero-order valence-electron chi connectivity index (χ0n) is 10.8. The van der Waals surface area contributed by atoms with Crippen LogP contribution in [0.1, 0.15) is 23.7 Å². The molecule has 2 atom stereocenters. The van der Waals surface area contributed by atoms with Crippen molar-refractivity contribution in [3.63, 3.8) is 0 Å². The van der Waals surface area contributed by atoms with Gasteiger partial charge in [-0.3, -0.25) is 4.79 Å². The van der Waals surface area contributed by atoms with Crippen LogP contribution in [0.5, 0.6) is 0 Å². The molecular formula is C14H17NO4. The smallest absolute Gasteiger partial charge is 0.357 e. The van der Waals surface area contributed by atoms with Gasteiger partial charge < -0.3 is 9.94 Å². The van der Waals surface area contributed by atoms with Crippen LogP contribution in [-0.4, -0.2) is 35.2 Å². The molecule has 0 aliphatic carbocycles. The van der Waals surface area contributed by atoms with E-state index in [4.69, 9.17) is 9.94 Å². The number of carbonyl (C=O) groups is 2. The average molecular weight is 263 g/mol. The Morgan fingerprint density at radius 1 is 1.32 bits per heavy atom. The molecule has 0 saturated carbocycles. The van der Waals surface area contributed by atoms with E-state index in [9.17, 15) is 9.59 Å². The van der Waals surface area contributed by atoms with E-state index >= 15 is 0 Å². The first kappa shape index (κ1) is 13.5. The second-order valence-corrected chi connectivity index (χ2v) is 4.70. The van der Waals surface area contributed by atoms with Gasteiger partial charge in [0.25, 0.3) is 0 Å². The van der Waals surface area contributed by atoms with Crippen molar-refractivity contribution in [2.75, 3.05) is 13.1 Å². The third kappa shape index (κ3) is 3.12. The van der Waals surface area contributed by atoms with Crippen molar-refractivity contribution in [3.8, 4) is 0 Å². The molecule has 1 aliphatic rings. The molecule has 0 spiro atoms. The fourth-order valence-corrected chi connectivity index (χ4v) is 2.34. The van der Waals surface area contributed by atoms with Crippen LogP contribution in [0.4, 0.5) is 0 Å². The first-order chi connectivity index (χ1) is 9.11. The lowest BCUT2D eigenvalue weighted by Gasteiger charge is -2.14. The number of benzene rings is 1. The molecule has 0 aromatic heterocycles. The summed E-state index contributed by atoms with van der Waals surface area (Å²) in [5.74, 6) is -1.71. The third-order valence-corrected chi connectivity index (χ3v) is 3.47. The van der Waals surface area contributed by atoms with Crippen LogP contribution >= 0.6 is 0 Å². The van der Waals surface area contributed by atoms with Crippen molar-refractivity contribution in [2.24, 2.45) is 11.8 Å². The molecule has 19 heavy (non-hydrogen) atoms. The van der Waals surface area contributed by atoms with E-state index in [1.807, 2.05) is 13.0 Å². The number of carboxylic acids is 1. The molecule has 0 radical (unpaired) electrons. The Morgan fingerprint density at radius 3 is 2.53 bits per heavy atom. The summed E-state index contributed by atoms with van der Waals surface area (Å²) in [6, 6.07) is 8.68. The highest BCUT2D eigenvalue weighted by Crippen LogP contribution is 2.26. The van der Waals surface area contributed by atoms with Crippen LogP contribution in [0.3, 0.4) is 0 Å². The van der Waals surface area contributed by atoms with E-state index in [1.54, 1.807) is 24.3 Å². The molecule has 102 valence electrons. The molecule has 2 rings (SSSR count). The summed E-state index contributed by atoms with van der Waals surface area (Å²) in [6.07, 6.45) is 0.760. The van der Waals surface area contributed by atoms with E-state index in [0.717, 1.165) is 6.42 Å². The predicted molar refractivity (Wildman–Crippen MR) is 68.3 cm³/mol. The Labute approximate surface area is 111 Å². The van der Waals surface area contributed by atoms with Crippen molar-refractivity contribution < 1.29 is 19.5 Å². The largest absolute Gasteiger partial charge is 0.481 e. The average Bonchev–Trinajstić information content (AvgIpc) is 2.83. The van der Waals surface area contributed by atoms with Gasteiger partial charge in [0.15, 0.2) is 0 Å². The van der Waals surface area contributed by atoms with Gasteiger partial charge in [0, 0.05) is 13.1 Å². The summed E-state index contributed by atoms with van der Waals surface area (Å²) in [5.41, 5.74) is 0.467. The second-order valence-electron chi connectivity index (χ2n) is 4.70. The van der Waals surface area contributed by atoms with Crippen LogP contribution in [0.15, 0.2) is 30.3 Å². The molecule has 1 aromatic rings. The maximum absolute atomic E-state index is 11.9. The van der Waals surface area contributed by atoms with Gasteiger partial charge in [-0.2, -0.15) is 0 Å². The van der Waals surface area contributed by atoms with Crippen molar-refractivity contribution in [2.45, 2.75) is 13.3 Å². The number of hydrogen-bond donors (Lipinski definition) is 1. The van der Waals surface area contributed by atoms with Crippen LogP contribution in [0.25, 0.3) is 0 Å². The quantitative estimate of drug-likeness (QED) is 0.897. The first-order valence-electron chi connectivity index (χ1n) is 6.37. The van der Waals surface area contributed by atoms with E-state index in [2.05, 4.69) is 0 Å². The van der Waals surface area contributed by atoms with Gasteiger partial charge in [0.2, 0.25) is 0 Å². The van der Waals surface area contributed by atoms with E-state index in [-0.39, 0.29) is 12.5 Å². The lowest BCUT2D eigenvalue weighted by Crippen LogP contribution is -2.26. The van der Waals surface area contributed by atoms with Crippen LogP contribution < -0.4 is 0 Å². The second kappa shape index (κ2) is 5.84. The van der Waals surface area contributed by atoms with Crippen LogP contribution in [0.2, 0.25) is 0 Å².